The van der Waals surface area contributed by atoms with E-state index in [2.05, 4.69) is 59.0 Å². The standard InChI is InChI=1S/C26H22N6O3S.C25H20N6O3S.C20H18N6O3S/c1-16-8-12-18(13-9-16)24-28-21(23(27)33)22-25(30-24)32(19-6-4-3-5-7-19)26(29-22)31-36(34,35)20-14-10-17(2)11-15-20;1-16-12-14-17(15-13-16)23-27-20(22(26)32)21-24(29-23)31(18-8-4-2-5-9-18)25(28-21)30-35(33,34)19-10-6-3-7-11-19;1-12-8-10-13(11-9-12)18-22-15(17(21)27)16-19(24-18)26(14-6-4-3-5-7-14)20(23-16)25-30(2,28)29/h3-15H,1-2H3,(H2,27,33)(H,29,31);2-15H,1H3,(H2,26,32)(H,28,30);3-11H,1-2H3,(H2,21,27)(H,23,25). The first kappa shape index (κ1) is 68.0. The number of para-hydroxylation sites is 3. The molecule has 101 heavy (non-hydrogen) atoms. The number of fused-ring (bicyclic) bond motifs is 3. The van der Waals surface area contributed by atoms with E-state index >= 15 is 0 Å². The van der Waals surface area contributed by atoms with Crippen LogP contribution in [0, 0.1) is 27.7 Å². The quantitative estimate of drug-likeness (QED) is 0.0493. The van der Waals surface area contributed by atoms with Crippen LogP contribution in [0.5, 0.6) is 0 Å². The van der Waals surface area contributed by atoms with E-state index in [9.17, 15) is 39.6 Å². The van der Waals surface area contributed by atoms with Crippen molar-refractivity contribution < 1.29 is 39.6 Å². The van der Waals surface area contributed by atoms with Gasteiger partial charge < -0.3 is 17.2 Å². The molecule has 0 saturated heterocycles. The second-order valence-electron chi connectivity index (χ2n) is 22.9. The number of aryl methyl sites for hydroxylation is 4. The first-order valence-corrected chi connectivity index (χ1v) is 35.5. The Hall–Kier alpha value is -12.9. The van der Waals surface area contributed by atoms with Crippen LogP contribution in [-0.4, -0.2) is 108 Å². The largest absolute Gasteiger partial charge is 0.364 e. The lowest BCUT2D eigenvalue weighted by Gasteiger charge is -2.11. The van der Waals surface area contributed by atoms with Crippen molar-refractivity contribution >= 4 is 99.1 Å². The number of sulfonamides is 3. The van der Waals surface area contributed by atoms with Crippen LogP contribution in [0.2, 0.25) is 0 Å². The maximum Gasteiger partial charge on any atom is 0.269 e. The third-order valence-corrected chi connectivity index (χ3v) is 18.5. The number of aromatic nitrogens is 12. The molecule has 14 aromatic rings. The van der Waals surface area contributed by atoms with Gasteiger partial charge in [-0.05, 0) is 88.4 Å². The number of hydrogen-bond acceptors (Lipinski definition) is 18. The van der Waals surface area contributed by atoms with Crippen molar-refractivity contribution in [2.45, 2.75) is 37.5 Å². The highest BCUT2D eigenvalue weighted by Crippen LogP contribution is 2.33. The molecular formula is C71H60N18O9S3. The molecule has 0 aliphatic rings. The van der Waals surface area contributed by atoms with E-state index in [0.29, 0.717) is 33.8 Å². The average molecular weight is 1410 g/mol. The van der Waals surface area contributed by atoms with Crippen LogP contribution in [0.4, 0.5) is 17.8 Å². The first-order valence-electron chi connectivity index (χ1n) is 30.6. The van der Waals surface area contributed by atoms with Crippen molar-refractivity contribution in [3.63, 3.8) is 0 Å². The lowest BCUT2D eigenvalue weighted by molar-refractivity contribution is 0.0988. The summed E-state index contributed by atoms with van der Waals surface area (Å²) in [6.45, 7) is 7.74. The summed E-state index contributed by atoms with van der Waals surface area (Å²) in [7, 11) is -11.6. The molecule has 14 rings (SSSR count). The van der Waals surface area contributed by atoms with Crippen LogP contribution in [0.3, 0.4) is 0 Å². The lowest BCUT2D eigenvalue weighted by Crippen LogP contribution is -2.16. The number of carbonyl (C=O) groups is 3. The van der Waals surface area contributed by atoms with E-state index in [1.165, 1.54) is 38.0 Å². The number of amides is 3. The van der Waals surface area contributed by atoms with Gasteiger partial charge in [0.1, 0.15) is 16.6 Å². The number of nitrogens with zero attached hydrogens (tertiary/aromatic N) is 12. The van der Waals surface area contributed by atoms with Crippen molar-refractivity contribution in [1.29, 1.82) is 0 Å². The highest BCUT2D eigenvalue weighted by atomic mass is 32.2. The van der Waals surface area contributed by atoms with Gasteiger partial charge in [0.2, 0.25) is 27.9 Å². The van der Waals surface area contributed by atoms with E-state index in [1.54, 1.807) is 103 Å². The van der Waals surface area contributed by atoms with E-state index in [4.69, 9.17) is 17.2 Å². The Kier molecular flexibility index (Phi) is 18.8. The molecule has 27 nitrogen and oxygen atoms in total. The Morgan fingerprint density at radius 3 is 0.832 bits per heavy atom. The Labute approximate surface area is 578 Å². The number of benzene rings is 8. The van der Waals surface area contributed by atoms with Gasteiger partial charge in [-0.15, -0.1) is 0 Å². The number of hydrogen-bond donors (Lipinski definition) is 6. The molecular weight excluding hydrogens is 1350 g/mol. The van der Waals surface area contributed by atoms with Crippen LogP contribution >= 0.6 is 0 Å². The fourth-order valence-corrected chi connectivity index (χ4v) is 12.9. The summed E-state index contributed by atoms with van der Waals surface area (Å²) in [4.78, 5) is 77.1. The maximum absolute atomic E-state index is 13.2. The van der Waals surface area contributed by atoms with Crippen molar-refractivity contribution in [2.75, 3.05) is 20.4 Å². The topological polar surface area (TPSA) is 399 Å². The Morgan fingerprint density at radius 2 is 0.564 bits per heavy atom. The number of primary amides is 3. The van der Waals surface area contributed by atoms with Gasteiger partial charge in [-0.2, -0.15) is 0 Å². The van der Waals surface area contributed by atoms with Crippen LogP contribution in [-0.2, 0) is 30.1 Å². The molecule has 30 heteroatoms. The molecule has 0 atom stereocenters. The summed E-state index contributed by atoms with van der Waals surface area (Å²) in [5.74, 6) is -1.71. The normalized spacial score (nSPS) is 11.5. The number of imidazole rings is 3. The predicted octanol–water partition coefficient (Wildman–Crippen LogP) is 9.95. The first-order chi connectivity index (χ1) is 48.3. The van der Waals surface area contributed by atoms with E-state index in [1.807, 2.05) is 119 Å². The summed E-state index contributed by atoms with van der Waals surface area (Å²) in [5.41, 5.74) is 25.5. The molecule has 0 radical (unpaired) electrons. The number of rotatable bonds is 17. The molecule has 6 aromatic heterocycles. The molecule has 9 N–H and O–H groups in total. The fourth-order valence-electron chi connectivity index (χ4n) is 10.4. The van der Waals surface area contributed by atoms with Crippen LogP contribution in [0.1, 0.15) is 53.7 Å². The molecule has 0 spiro atoms. The second-order valence-corrected chi connectivity index (χ2v) is 28.0. The van der Waals surface area contributed by atoms with Gasteiger partial charge >= 0.3 is 0 Å². The summed E-state index contributed by atoms with van der Waals surface area (Å²) in [5, 5.41) is 0. The minimum atomic E-state index is -4.01. The molecule has 506 valence electrons. The van der Waals surface area contributed by atoms with Gasteiger partial charge in [-0.25, -0.2) is 79.6 Å². The van der Waals surface area contributed by atoms with Crippen molar-refractivity contribution in [3.8, 4) is 51.2 Å². The lowest BCUT2D eigenvalue weighted by atomic mass is 10.1. The monoisotopic (exact) mass is 1400 g/mol. The zero-order valence-corrected chi connectivity index (χ0v) is 56.7. The molecule has 6 heterocycles. The van der Waals surface area contributed by atoms with Gasteiger partial charge in [-0.1, -0.05) is 180 Å². The Balaban J connectivity index is 0.000000144. The van der Waals surface area contributed by atoms with Gasteiger partial charge in [-0.3, -0.25) is 32.8 Å². The highest BCUT2D eigenvalue weighted by molar-refractivity contribution is 7.93. The average Bonchev–Trinajstić information content (AvgIpc) is 1.63. The highest BCUT2D eigenvalue weighted by Gasteiger charge is 2.29. The van der Waals surface area contributed by atoms with Crippen molar-refractivity contribution in [3.05, 3.63) is 258 Å². The molecule has 0 bridgehead atoms. The van der Waals surface area contributed by atoms with Crippen molar-refractivity contribution in [2.24, 2.45) is 17.2 Å². The van der Waals surface area contributed by atoms with Crippen molar-refractivity contribution in [1.82, 2.24) is 58.6 Å². The van der Waals surface area contributed by atoms with E-state index in [0.717, 1.165) is 28.5 Å². The minimum Gasteiger partial charge on any atom is -0.364 e. The third-order valence-electron chi connectivity index (χ3n) is 15.3. The molecule has 0 aliphatic carbocycles. The molecule has 8 aromatic carbocycles. The SMILES string of the molecule is Cc1ccc(-c2nc(C(N)=O)c3nc(NS(=O)(=O)c4ccc(C)cc4)n(-c4ccccc4)c3n2)cc1.Cc1ccc(-c2nc(C(N)=O)c3nc(NS(=O)(=O)c4ccccc4)n(-c4ccccc4)c3n2)cc1.Cc1ccc(-c2nc(C(N)=O)c3nc(NS(C)(=O)=O)n(-c4ccccc4)c3n2)cc1. The molecule has 0 aliphatic heterocycles. The van der Waals surface area contributed by atoms with Gasteiger partial charge in [0.25, 0.3) is 37.8 Å². The van der Waals surface area contributed by atoms with Crippen LogP contribution < -0.4 is 31.4 Å². The number of carbonyl (C=O) groups excluding carboxylic acids is 3. The minimum absolute atomic E-state index is 0.0171. The predicted molar refractivity (Wildman–Crippen MR) is 384 cm³/mol. The maximum atomic E-state index is 13.2. The Morgan fingerprint density at radius 1 is 0.317 bits per heavy atom. The van der Waals surface area contributed by atoms with Crippen LogP contribution in [0.25, 0.3) is 84.7 Å². The number of nitrogens with one attached hydrogen (secondary N) is 3. The van der Waals surface area contributed by atoms with E-state index < -0.39 is 47.8 Å². The zero-order valence-electron chi connectivity index (χ0n) is 54.3. The smallest absolute Gasteiger partial charge is 0.269 e. The van der Waals surface area contributed by atoms with Crippen LogP contribution in [0.15, 0.2) is 228 Å². The van der Waals surface area contributed by atoms with E-state index in [-0.39, 0.29) is 95.7 Å². The summed E-state index contributed by atoms with van der Waals surface area (Å²) in [6, 6.07) is 63.7. The molecule has 3 amide bonds. The summed E-state index contributed by atoms with van der Waals surface area (Å²) < 4.78 is 88.5. The molecule has 0 fully saturated rings. The van der Waals surface area contributed by atoms with Gasteiger partial charge in [0.15, 0.2) is 51.5 Å². The summed E-state index contributed by atoms with van der Waals surface area (Å²) in [6.07, 6.45) is 1.01. The number of nitrogens with two attached hydrogens (primary N) is 3. The third kappa shape index (κ3) is 14.8. The summed E-state index contributed by atoms with van der Waals surface area (Å²) >= 11 is 0. The Bertz CT molecular complexity index is 5860. The zero-order chi connectivity index (χ0) is 71.5. The molecule has 0 saturated carbocycles. The second kappa shape index (κ2) is 27.9. The van der Waals surface area contributed by atoms with Gasteiger partial charge in [0.05, 0.1) is 33.1 Å². The fraction of sp³-hybridized carbons (Fsp3) is 0.0704. The number of anilines is 3. The van der Waals surface area contributed by atoms with Gasteiger partial charge in [0, 0.05) is 16.7 Å². The molecule has 0 unspecified atom stereocenters.